The van der Waals surface area contributed by atoms with Crippen molar-refractivity contribution in [2.45, 2.75) is 18.4 Å². The first-order chi connectivity index (χ1) is 12.9. The number of nitrogens with zero attached hydrogens (tertiary/aromatic N) is 4. The van der Waals surface area contributed by atoms with E-state index in [1.54, 1.807) is 17.9 Å². The number of sulfonamides is 1. The predicted octanol–water partition coefficient (Wildman–Crippen LogP) is 1.07. The molecule has 3 rings (SSSR count). The molecule has 1 N–H and O–H groups in total. The summed E-state index contributed by atoms with van der Waals surface area (Å²) in [5.74, 6) is 0.667. The van der Waals surface area contributed by atoms with Crippen molar-refractivity contribution in [3.63, 3.8) is 0 Å². The standard InChI is InChI=1S/C17H19N5O4S/c1-13-10-15(20-26-13)12-19-17(23)21-6-8-22(9-7-21)27(24,25)16-4-2-14(11-18)3-5-16/h2-5,10H,6-9,12H2,1H3,(H,19,23). The van der Waals surface area contributed by atoms with Crippen molar-refractivity contribution in [3.05, 3.63) is 47.3 Å². The summed E-state index contributed by atoms with van der Waals surface area (Å²) in [6.07, 6.45) is 0. The van der Waals surface area contributed by atoms with Gasteiger partial charge in [-0.15, -0.1) is 0 Å². The molecule has 1 fully saturated rings. The largest absolute Gasteiger partial charge is 0.361 e. The third-order valence-electron chi connectivity index (χ3n) is 4.24. The van der Waals surface area contributed by atoms with E-state index in [0.29, 0.717) is 30.1 Å². The van der Waals surface area contributed by atoms with Crippen LogP contribution in [0.25, 0.3) is 0 Å². The summed E-state index contributed by atoms with van der Waals surface area (Å²) < 4.78 is 31.7. The van der Waals surface area contributed by atoms with Gasteiger partial charge in [0.15, 0.2) is 0 Å². The van der Waals surface area contributed by atoms with Gasteiger partial charge < -0.3 is 14.7 Å². The SMILES string of the molecule is Cc1cc(CNC(=O)N2CCN(S(=O)(=O)c3ccc(C#N)cc3)CC2)no1. The third kappa shape index (κ3) is 4.27. The summed E-state index contributed by atoms with van der Waals surface area (Å²) in [5, 5.41) is 15.4. The van der Waals surface area contributed by atoms with Crippen molar-refractivity contribution in [2.24, 2.45) is 0 Å². The van der Waals surface area contributed by atoms with Gasteiger partial charge in [-0.2, -0.15) is 9.57 Å². The van der Waals surface area contributed by atoms with E-state index in [-0.39, 0.29) is 30.6 Å². The molecule has 1 aromatic heterocycles. The van der Waals surface area contributed by atoms with E-state index in [0.717, 1.165) is 0 Å². The molecule has 0 unspecified atom stereocenters. The van der Waals surface area contributed by atoms with Crippen LogP contribution in [0.15, 0.2) is 39.8 Å². The second-order valence-electron chi connectivity index (χ2n) is 6.11. The number of aromatic nitrogens is 1. The molecular weight excluding hydrogens is 370 g/mol. The highest BCUT2D eigenvalue weighted by molar-refractivity contribution is 7.89. The van der Waals surface area contributed by atoms with Crippen LogP contribution in [-0.4, -0.2) is 55.0 Å². The molecule has 27 heavy (non-hydrogen) atoms. The second kappa shape index (κ2) is 7.77. The summed E-state index contributed by atoms with van der Waals surface area (Å²) in [6, 6.07) is 9.22. The Labute approximate surface area is 157 Å². The molecule has 10 heteroatoms. The van der Waals surface area contributed by atoms with Gasteiger partial charge in [0.25, 0.3) is 0 Å². The van der Waals surface area contributed by atoms with Gasteiger partial charge in [-0.25, -0.2) is 13.2 Å². The minimum atomic E-state index is -3.65. The lowest BCUT2D eigenvalue weighted by Crippen LogP contribution is -2.52. The summed E-state index contributed by atoms with van der Waals surface area (Å²) in [5.41, 5.74) is 1.03. The third-order valence-corrected chi connectivity index (χ3v) is 6.16. The zero-order valence-corrected chi connectivity index (χ0v) is 15.6. The first kappa shape index (κ1) is 18.9. The van der Waals surface area contributed by atoms with Crippen LogP contribution in [0.3, 0.4) is 0 Å². The molecule has 0 radical (unpaired) electrons. The lowest BCUT2D eigenvalue weighted by atomic mass is 10.2. The summed E-state index contributed by atoms with van der Waals surface area (Å²) in [4.78, 5) is 13.9. The van der Waals surface area contributed by atoms with Crippen molar-refractivity contribution < 1.29 is 17.7 Å². The minimum absolute atomic E-state index is 0.140. The first-order valence-corrected chi connectivity index (χ1v) is 9.79. The number of amides is 2. The lowest BCUT2D eigenvalue weighted by molar-refractivity contribution is 0.171. The number of urea groups is 1. The van der Waals surface area contributed by atoms with Crippen LogP contribution in [-0.2, 0) is 16.6 Å². The molecule has 142 valence electrons. The fraction of sp³-hybridized carbons (Fsp3) is 0.353. The average Bonchev–Trinajstić information content (AvgIpc) is 3.11. The van der Waals surface area contributed by atoms with Gasteiger partial charge in [0, 0.05) is 32.2 Å². The van der Waals surface area contributed by atoms with E-state index in [1.165, 1.54) is 28.6 Å². The number of carbonyl (C=O) groups excluding carboxylic acids is 1. The van der Waals surface area contributed by atoms with Crippen molar-refractivity contribution in [2.75, 3.05) is 26.2 Å². The minimum Gasteiger partial charge on any atom is -0.361 e. The summed E-state index contributed by atoms with van der Waals surface area (Å²) >= 11 is 0. The topological polar surface area (TPSA) is 120 Å². The van der Waals surface area contributed by atoms with Crippen LogP contribution in [0, 0.1) is 18.3 Å². The number of piperazine rings is 1. The Morgan fingerprint density at radius 1 is 1.26 bits per heavy atom. The molecule has 1 aromatic carbocycles. The fourth-order valence-electron chi connectivity index (χ4n) is 2.76. The highest BCUT2D eigenvalue weighted by Crippen LogP contribution is 2.18. The van der Waals surface area contributed by atoms with Gasteiger partial charge in [0.05, 0.1) is 23.1 Å². The summed E-state index contributed by atoms with van der Waals surface area (Å²) in [6.45, 7) is 3.02. The van der Waals surface area contributed by atoms with Crippen LogP contribution < -0.4 is 5.32 Å². The van der Waals surface area contributed by atoms with Crippen LogP contribution in [0.4, 0.5) is 4.79 Å². The maximum Gasteiger partial charge on any atom is 0.317 e. The highest BCUT2D eigenvalue weighted by atomic mass is 32.2. The molecule has 2 heterocycles. The Balaban J connectivity index is 1.55. The molecule has 1 saturated heterocycles. The van der Waals surface area contributed by atoms with Crippen molar-refractivity contribution in [3.8, 4) is 6.07 Å². The van der Waals surface area contributed by atoms with E-state index in [9.17, 15) is 13.2 Å². The van der Waals surface area contributed by atoms with Gasteiger partial charge >= 0.3 is 6.03 Å². The number of rotatable bonds is 4. The highest BCUT2D eigenvalue weighted by Gasteiger charge is 2.30. The summed E-state index contributed by atoms with van der Waals surface area (Å²) in [7, 11) is -3.65. The molecule has 1 aliphatic rings. The Morgan fingerprint density at radius 3 is 2.48 bits per heavy atom. The Kier molecular flexibility index (Phi) is 5.43. The number of carbonyl (C=O) groups is 1. The van der Waals surface area contributed by atoms with E-state index in [4.69, 9.17) is 9.78 Å². The van der Waals surface area contributed by atoms with Gasteiger partial charge in [-0.1, -0.05) is 5.16 Å². The zero-order chi connectivity index (χ0) is 19.4. The molecule has 0 bridgehead atoms. The lowest BCUT2D eigenvalue weighted by Gasteiger charge is -2.33. The van der Waals surface area contributed by atoms with Crippen molar-refractivity contribution >= 4 is 16.1 Å². The molecular formula is C17H19N5O4S. The molecule has 1 aliphatic heterocycles. The number of benzene rings is 1. The van der Waals surface area contributed by atoms with Crippen LogP contribution in [0.2, 0.25) is 0 Å². The zero-order valence-electron chi connectivity index (χ0n) is 14.8. The van der Waals surface area contributed by atoms with Crippen molar-refractivity contribution in [1.82, 2.24) is 19.7 Å². The smallest absolute Gasteiger partial charge is 0.317 e. The van der Waals surface area contributed by atoms with E-state index in [1.807, 2.05) is 6.07 Å². The Hall–Kier alpha value is -2.90. The molecule has 0 spiro atoms. The normalized spacial score (nSPS) is 15.3. The monoisotopic (exact) mass is 389 g/mol. The fourth-order valence-corrected chi connectivity index (χ4v) is 4.18. The molecule has 9 nitrogen and oxygen atoms in total. The van der Waals surface area contributed by atoms with E-state index >= 15 is 0 Å². The number of nitrogens with one attached hydrogen (secondary N) is 1. The average molecular weight is 389 g/mol. The number of nitriles is 1. The van der Waals surface area contributed by atoms with Crippen LogP contribution >= 0.6 is 0 Å². The number of hydrogen-bond acceptors (Lipinski definition) is 6. The van der Waals surface area contributed by atoms with Gasteiger partial charge in [0.1, 0.15) is 11.5 Å². The first-order valence-electron chi connectivity index (χ1n) is 8.35. The quantitative estimate of drug-likeness (QED) is 0.835. The molecule has 0 aliphatic carbocycles. The maximum absolute atomic E-state index is 12.7. The molecule has 2 aromatic rings. The maximum atomic E-state index is 12.7. The molecule has 2 amide bonds. The second-order valence-corrected chi connectivity index (χ2v) is 8.05. The van der Waals surface area contributed by atoms with Gasteiger partial charge in [-0.3, -0.25) is 0 Å². The number of aryl methyl sites for hydroxylation is 1. The van der Waals surface area contributed by atoms with Crippen LogP contribution in [0.5, 0.6) is 0 Å². The van der Waals surface area contributed by atoms with E-state index < -0.39 is 10.0 Å². The molecule has 0 atom stereocenters. The Morgan fingerprint density at radius 2 is 1.93 bits per heavy atom. The predicted molar refractivity (Wildman–Crippen MR) is 95.0 cm³/mol. The van der Waals surface area contributed by atoms with Gasteiger partial charge in [0.2, 0.25) is 10.0 Å². The Bertz CT molecular complexity index is 954. The van der Waals surface area contributed by atoms with E-state index in [2.05, 4.69) is 10.5 Å². The van der Waals surface area contributed by atoms with Crippen LogP contribution in [0.1, 0.15) is 17.0 Å². The van der Waals surface area contributed by atoms with Gasteiger partial charge in [-0.05, 0) is 31.2 Å². The number of hydrogen-bond donors (Lipinski definition) is 1. The van der Waals surface area contributed by atoms with Crippen molar-refractivity contribution in [1.29, 1.82) is 5.26 Å². The molecule has 0 saturated carbocycles.